The molecule has 1 heterocycles. The Kier molecular flexibility index (Phi) is 4.11. The molecule has 0 saturated carbocycles. The van der Waals surface area contributed by atoms with Gasteiger partial charge in [-0.1, -0.05) is 36.4 Å². The van der Waals surface area contributed by atoms with Crippen molar-refractivity contribution in [3.8, 4) is 11.1 Å². The summed E-state index contributed by atoms with van der Waals surface area (Å²) < 4.78 is 0. The van der Waals surface area contributed by atoms with E-state index in [4.69, 9.17) is 5.11 Å². The van der Waals surface area contributed by atoms with Crippen LogP contribution in [-0.4, -0.2) is 36.1 Å². The van der Waals surface area contributed by atoms with Gasteiger partial charge in [-0.25, -0.2) is 0 Å². The van der Waals surface area contributed by atoms with Crippen molar-refractivity contribution >= 4 is 11.7 Å². The maximum atomic E-state index is 10.8. The molecule has 0 aliphatic carbocycles. The molecular weight excluding hydrogens is 276 g/mol. The van der Waals surface area contributed by atoms with Crippen LogP contribution in [-0.2, 0) is 17.8 Å². The van der Waals surface area contributed by atoms with Gasteiger partial charge in [0.2, 0.25) is 0 Å². The molecule has 2 N–H and O–H groups in total. The van der Waals surface area contributed by atoms with Crippen LogP contribution < -0.4 is 5.32 Å². The van der Waals surface area contributed by atoms with E-state index in [9.17, 15) is 4.79 Å². The Morgan fingerprint density at radius 2 is 1.95 bits per heavy atom. The van der Waals surface area contributed by atoms with Crippen LogP contribution in [0.3, 0.4) is 0 Å². The van der Waals surface area contributed by atoms with Gasteiger partial charge in [0.1, 0.15) is 6.54 Å². The summed E-state index contributed by atoms with van der Waals surface area (Å²) in [4.78, 5) is 13.1. The van der Waals surface area contributed by atoms with Gasteiger partial charge < -0.3 is 15.3 Å². The van der Waals surface area contributed by atoms with Gasteiger partial charge in [-0.3, -0.25) is 4.79 Å². The van der Waals surface area contributed by atoms with Crippen LogP contribution in [0.1, 0.15) is 11.1 Å². The van der Waals surface area contributed by atoms with Crippen LogP contribution in [0.5, 0.6) is 0 Å². The highest BCUT2D eigenvalue weighted by atomic mass is 16.4. The Bertz CT molecular complexity index is 683. The summed E-state index contributed by atoms with van der Waals surface area (Å²) >= 11 is 0. The summed E-state index contributed by atoms with van der Waals surface area (Å²) in [5.41, 5.74) is 5.96. The van der Waals surface area contributed by atoms with Crippen molar-refractivity contribution in [3.63, 3.8) is 0 Å². The van der Waals surface area contributed by atoms with E-state index < -0.39 is 5.97 Å². The molecule has 2 aromatic rings. The number of hydrogen-bond donors (Lipinski definition) is 2. The highest BCUT2D eigenvalue weighted by Gasteiger charge is 2.20. The minimum absolute atomic E-state index is 0.0547. The highest BCUT2D eigenvalue weighted by Crippen LogP contribution is 2.34. The molecule has 3 rings (SSSR count). The lowest BCUT2D eigenvalue weighted by molar-refractivity contribution is -0.134. The third-order valence-electron chi connectivity index (χ3n) is 4.12. The smallest absolute Gasteiger partial charge is 0.322 e. The first-order valence-electron chi connectivity index (χ1n) is 7.49. The van der Waals surface area contributed by atoms with E-state index in [0.29, 0.717) is 0 Å². The molecule has 4 heteroatoms. The summed E-state index contributed by atoms with van der Waals surface area (Å²) in [7, 11) is 2.10. The maximum absolute atomic E-state index is 10.8. The number of carbonyl (C=O) groups is 1. The first-order valence-corrected chi connectivity index (χ1v) is 7.49. The topological polar surface area (TPSA) is 52.6 Å². The van der Waals surface area contributed by atoms with Crippen LogP contribution in [0.2, 0.25) is 0 Å². The minimum Gasteiger partial charge on any atom is -0.480 e. The van der Waals surface area contributed by atoms with Crippen LogP contribution in [0.25, 0.3) is 11.1 Å². The third-order valence-corrected chi connectivity index (χ3v) is 4.12. The summed E-state index contributed by atoms with van der Waals surface area (Å²) in [6.45, 7) is 1.81. The van der Waals surface area contributed by atoms with Gasteiger partial charge in [0.05, 0.1) is 0 Å². The monoisotopic (exact) mass is 296 g/mol. The molecule has 0 amide bonds. The van der Waals surface area contributed by atoms with Crippen LogP contribution in [0.15, 0.2) is 42.5 Å². The first-order chi connectivity index (χ1) is 10.6. The van der Waals surface area contributed by atoms with Gasteiger partial charge >= 0.3 is 5.97 Å². The van der Waals surface area contributed by atoms with Gasteiger partial charge in [0.25, 0.3) is 0 Å². The van der Waals surface area contributed by atoms with Crippen molar-refractivity contribution in [1.82, 2.24) is 4.90 Å². The molecule has 0 unspecified atom stereocenters. The molecule has 0 aromatic heterocycles. The van der Waals surface area contributed by atoms with Gasteiger partial charge in [-0.2, -0.15) is 0 Å². The number of nitrogens with one attached hydrogen (secondary N) is 1. The molecular formula is C18H20N2O2. The number of rotatable bonds is 4. The molecule has 0 atom stereocenters. The van der Waals surface area contributed by atoms with Crippen LogP contribution >= 0.6 is 0 Å². The van der Waals surface area contributed by atoms with E-state index in [0.717, 1.165) is 25.2 Å². The Morgan fingerprint density at radius 1 is 1.18 bits per heavy atom. The van der Waals surface area contributed by atoms with E-state index in [1.165, 1.54) is 22.3 Å². The minimum atomic E-state index is -0.843. The zero-order valence-corrected chi connectivity index (χ0v) is 12.7. The third kappa shape index (κ3) is 2.97. The van der Waals surface area contributed by atoms with Crippen molar-refractivity contribution in [2.24, 2.45) is 0 Å². The van der Waals surface area contributed by atoms with Crippen LogP contribution in [0.4, 0.5) is 5.69 Å². The van der Waals surface area contributed by atoms with Crippen molar-refractivity contribution in [2.75, 3.05) is 25.5 Å². The van der Waals surface area contributed by atoms with Gasteiger partial charge in [0.15, 0.2) is 0 Å². The predicted molar refractivity (Wildman–Crippen MR) is 88.0 cm³/mol. The number of aliphatic carboxylic acids is 1. The predicted octanol–water partition coefficient (Wildman–Crippen LogP) is 2.84. The quantitative estimate of drug-likeness (QED) is 0.911. The molecule has 0 radical (unpaired) electrons. The van der Waals surface area contributed by atoms with E-state index >= 15 is 0 Å². The fourth-order valence-corrected chi connectivity index (χ4v) is 3.04. The number of likely N-dealkylation sites (N-methyl/N-ethyl adjacent to an activating group) is 1. The molecule has 0 bridgehead atoms. The van der Waals surface area contributed by atoms with Crippen molar-refractivity contribution in [3.05, 3.63) is 53.6 Å². The number of hydrogen-bond acceptors (Lipinski definition) is 3. The number of carboxylic acid groups (broad SMARTS) is 1. The SMILES string of the molecule is CN1CCc2c(-c3ccccc3)ccc(NCC(=O)O)c2C1. The molecule has 0 fully saturated rings. The average molecular weight is 296 g/mol. The van der Waals surface area contributed by atoms with E-state index in [1.54, 1.807) is 0 Å². The maximum Gasteiger partial charge on any atom is 0.322 e. The van der Waals surface area contributed by atoms with E-state index in [1.807, 2.05) is 24.3 Å². The number of carboxylic acids is 1. The fraction of sp³-hybridized carbons (Fsp3) is 0.278. The standard InChI is InChI=1S/C18H20N2O2/c1-20-10-9-15-14(13-5-3-2-4-6-13)7-8-17(16(15)12-20)19-11-18(21)22/h2-8,19H,9-12H2,1H3,(H,21,22). The normalized spacial score (nSPS) is 14.4. The van der Waals surface area contributed by atoms with Gasteiger partial charge in [-0.05, 0) is 41.8 Å². The summed E-state index contributed by atoms with van der Waals surface area (Å²) in [5, 5.41) is 11.9. The molecule has 1 aliphatic heterocycles. The highest BCUT2D eigenvalue weighted by molar-refractivity contribution is 5.77. The van der Waals surface area contributed by atoms with Crippen molar-refractivity contribution in [2.45, 2.75) is 13.0 Å². The Balaban J connectivity index is 2.04. The number of fused-ring (bicyclic) bond motifs is 1. The zero-order chi connectivity index (χ0) is 15.5. The summed E-state index contributed by atoms with van der Waals surface area (Å²) in [6.07, 6.45) is 0.985. The summed E-state index contributed by atoms with van der Waals surface area (Å²) in [5.74, 6) is -0.843. The molecule has 1 aliphatic rings. The number of benzene rings is 2. The van der Waals surface area contributed by atoms with Crippen molar-refractivity contribution < 1.29 is 9.90 Å². The second kappa shape index (κ2) is 6.20. The Hall–Kier alpha value is -2.33. The fourth-order valence-electron chi connectivity index (χ4n) is 3.04. The summed E-state index contributed by atoms with van der Waals surface area (Å²) in [6, 6.07) is 14.5. The van der Waals surface area contributed by atoms with Crippen molar-refractivity contribution in [1.29, 1.82) is 0 Å². The second-order valence-electron chi connectivity index (χ2n) is 5.72. The first kappa shape index (κ1) is 14.6. The van der Waals surface area contributed by atoms with Crippen LogP contribution in [0, 0.1) is 0 Å². The molecule has 114 valence electrons. The Morgan fingerprint density at radius 3 is 2.68 bits per heavy atom. The van der Waals surface area contributed by atoms with E-state index in [-0.39, 0.29) is 6.54 Å². The molecule has 2 aromatic carbocycles. The molecule has 0 spiro atoms. The largest absolute Gasteiger partial charge is 0.480 e. The average Bonchev–Trinajstić information content (AvgIpc) is 2.53. The lowest BCUT2D eigenvalue weighted by Gasteiger charge is -2.29. The lowest BCUT2D eigenvalue weighted by atomic mass is 9.89. The van der Waals surface area contributed by atoms with Gasteiger partial charge in [0, 0.05) is 18.8 Å². The number of nitrogens with zero attached hydrogens (tertiary/aromatic N) is 1. The second-order valence-corrected chi connectivity index (χ2v) is 5.72. The molecule has 0 saturated heterocycles. The van der Waals surface area contributed by atoms with E-state index in [2.05, 4.69) is 35.5 Å². The molecule has 22 heavy (non-hydrogen) atoms. The molecule has 4 nitrogen and oxygen atoms in total. The zero-order valence-electron chi connectivity index (χ0n) is 12.7. The Labute approximate surface area is 130 Å². The number of anilines is 1. The van der Waals surface area contributed by atoms with Gasteiger partial charge in [-0.15, -0.1) is 0 Å². The lowest BCUT2D eigenvalue weighted by Crippen LogP contribution is -2.28.